The molecule has 0 spiro atoms. The van der Waals surface area contributed by atoms with Gasteiger partial charge in [-0.1, -0.05) is 19.1 Å². The Morgan fingerprint density at radius 2 is 2.00 bits per heavy atom. The van der Waals surface area contributed by atoms with E-state index in [1.54, 1.807) is 12.1 Å². The maximum atomic E-state index is 13.1. The van der Waals surface area contributed by atoms with Gasteiger partial charge in [-0.25, -0.2) is 14.4 Å². The SMILES string of the molecule is CCc1c(NC)ncnc1NCCc1cccc(F)c1. The molecule has 0 saturated heterocycles. The fraction of sp³-hybridized carbons (Fsp3) is 0.333. The number of nitrogens with zero attached hydrogens (tertiary/aromatic N) is 2. The predicted octanol–water partition coefficient (Wildman–Crippen LogP) is 2.87. The van der Waals surface area contributed by atoms with Crippen LogP contribution in [-0.4, -0.2) is 23.6 Å². The summed E-state index contributed by atoms with van der Waals surface area (Å²) in [6.07, 6.45) is 3.13. The summed E-state index contributed by atoms with van der Waals surface area (Å²) in [6.45, 7) is 2.77. The first-order chi connectivity index (χ1) is 9.74. The lowest BCUT2D eigenvalue weighted by Crippen LogP contribution is -2.10. The van der Waals surface area contributed by atoms with Crippen molar-refractivity contribution < 1.29 is 4.39 Å². The number of anilines is 2. The summed E-state index contributed by atoms with van der Waals surface area (Å²) in [5.74, 6) is 1.48. The van der Waals surface area contributed by atoms with Crippen LogP contribution in [-0.2, 0) is 12.8 Å². The quantitative estimate of drug-likeness (QED) is 0.850. The van der Waals surface area contributed by atoms with E-state index >= 15 is 0 Å². The fourth-order valence-corrected chi connectivity index (χ4v) is 2.13. The van der Waals surface area contributed by atoms with Crippen LogP contribution < -0.4 is 10.6 Å². The molecule has 0 aliphatic rings. The van der Waals surface area contributed by atoms with Gasteiger partial charge in [0.1, 0.15) is 23.8 Å². The lowest BCUT2D eigenvalue weighted by atomic mass is 10.1. The molecule has 20 heavy (non-hydrogen) atoms. The van der Waals surface area contributed by atoms with Gasteiger partial charge in [0.2, 0.25) is 0 Å². The van der Waals surface area contributed by atoms with Gasteiger partial charge in [-0.15, -0.1) is 0 Å². The molecule has 2 N–H and O–H groups in total. The molecule has 0 unspecified atom stereocenters. The van der Waals surface area contributed by atoms with Crippen molar-refractivity contribution in [2.24, 2.45) is 0 Å². The Morgan fingerprint density at radius 3 is 2.70 bits per heavy atom. The van der Waals surface area contributed by atoms with Crippen molar-refractivity contribution >= 4 is 11.6 Å². The normalized spacial score (nSPS) is 10.3. The second-order valence-corrected chi connectivity index (χ2v) is 4.46. The Balaban J connectivity index is 2.01. The van der Waals surface area contributed by atoms with E-state index in [1.807, 2.05) is 13.1 Å². The third-order valence-corrected chi connectivity index (χ3v) is 3.13. The van der Waals surface area contributed by atoms with E-state index in [0.29, 0.717) is 6.54 Å². The lowest BCUT2D eigenvalue weighted by Gasteiger charge is -2.12. The fourth-order valence-electron chi connectivity index (χ4n) is 2.13. The van der Waals surface area contributed by atoms with E-state index in [0.717, 1.165) is 35.6 Å². The van der Waals surface area contributed by atoms with Crippen LogP contribution in [0.1, 0.15) is 18.1 Å². The van der Waals surface area contributed by atoms with E-state index in [1.165, 1.54) is 12.4 Å². The molecule has 0 atom stereocenters. The van der Waals surface area contributed by atoms with Crippen LogP contribution in [0.25, 0.3) is 0 Å². The highest BCUT2D eigenvalue weighted by Crippen LogP contribution is 2.19. The lowest BCUT2D eigenvalue weighted by molar-refractivity contribution is 0.625. The summed E-state index contributed by atoms with van der Waals surface area (Å²) in [5, 5.41) is 6.36. The molecule has 0 radical (unpaired) electrons. The molecule has 5 heteroatoms. The summed E-state index contributed by atoms with van der Waals surface area (Å²) >= 11 is 0. The molecule has 1 aromatic heterocycles. The molecule has 0 saturated carbocycles. The van der Waals surface area contributed by atoms with Gasteiger partial charge >= 0.3 is 0 Å². The standard InChI is InChI=1S/C15H19FN4/c1-3-13-14(17-2)19-10-20-15(13)18-8-7-11-5-4-6-12(16)9-11/h4-6,9-10H,3,7-8H2,1-2H3,(H2,17,18,19,20). The van der Waals surface area contributed by atoms with Crippen molar-refractivity contribution in [2.45, 2.75) is 19.8 Å². The zero-order valence-electron chi connectivity index (χ0n) is 11.8. The molecular formula is C15H19FN4. The Bertz CT molecular complexity index is 572. The first-order valence-electron chi connectivity index (χ1n) is 6.74. The second-order valence-electron chi connectivity index (χ2n) is 4.46. The van der Waals surface area contributed by atoms with Gasteiger partial charge in [-0.3, -0.25) is 0 Å². The Hall–Kier alpha value is -2.17. The van der Waals surface area contributed by atoms with Crippen LogP contribution in [0.4, 0.5) is 16.0 Å². The number of hydrogen-bond acceptors (Lipinski definition) is 4. The van der Waals surface area contributed by atoms with E-state index in [9.17, 15) is 4.39 Å². The third kappa shape index (κ3) is 3.44. The number of nitrogens with one attached hydrogen (secondary N) is 2. The summed E-state index contributed by atoms with van der Waals surface area (Å²) in [7, 11) is 1.85. The van der Waals surface area contributed by atoms with Crippen molar-refractivity contribution in [2.75, 3.05) is 24.2 Å². The van der Waals surface area contributed by atoms with Crippen LogP contribution in [0, 0.1) is 5.82 Å². The molecule has 0 aliphatic heterocycles. The molecular weight excluding hydrogens is 255 g/mol. The van der Waals surface area contributed by atoms with Crippen LogP contribution in [0.15, 0.2) is 30.6 Å². The molecule has 0 bridgehead atoms. The molecule has 2 rings (SSSR count). The highest BCUT2D eigenvalue weighted by atomic mass is 19.1. The first-order valence-corrected chi connectivity index (χ1v) is 6.74. The minimum atomic E-state index is -0.198. The maximum Gasteiger partial charge on any atom is 0.134 e. The van der Waals surface area contributed by atoms with Crippen molar-refractivity contribution in [3.05, 3.63) is 47.5 Å². The molecule has 106 valence electrons. The van der Waals surface area contributed by atoms with Crippen LogP contribution in [0.2, 0.25) is 0 Å². The molecule has 0 fully saturated rings. The van der Waals surface area contributed by atoms with Gasteiger partial charge in [0.15, 0.2) is 0 Å². The van der Waals surface area contributed by atoms with E-state index in [-0.39, 0.29) is 5.82 Å². The van der Waals surface area contributed by atoms with Crippen LogP contribution in [0.3, 0.4) is 0 Å². The van der Waals surface area contributed by atoms with Gasteiger partial charge in [0.05, 0.1) is 0 Å². The zero-order chi connectivity index (χ0) is 14.4. The second kappa shape index (κ2) is 6.84. The highest BCUT2D eigenvalue weighted by Gasteiger charge is 2.07. The topological polar surface area (TPSA) is 49.8 Å². The number of hydrogen-bond donors (Lipinski definition) is 2. The van der Waals surface area contributed by atoms with E-state index < -0.39 is 0 Å². The smallest absolute Gasteiger partial charge is 0.134 e. The summed E-state index contributed by atoms with van der Waals surface area (Å²) < 4.78 is 13.1. The van der Waals surface area contributed by atoms with Gasteiger partial charge in [-0.05, 0) is 30.5 Å². The largest absolute Gasteiger partial charge is 0.373 e. The predicted molar refractivity (Wildman–Crippen MR) is 79.6 cm³/mol. The van der Waals surface area contributed by atoms with Gasteiger partial charge in [0, 0.05) is 19.2 Å². The molecule has 2 aromatic rings. The van der Waals surface area contributed by atoms with Crippen molar-refractivity contribution in [1.29, 1.82) is 0 Å². The van der Waals surface area contributed by atoms with Crippen molar-refractivity contribution in [3.63, 3.8) is 0 Å². The zero-order valence-corrected chi connectivity index (χ0v) is 11.8. The van der Waals surface area contributed by atoms with Gasteiger partial charge < -0.3 is 10.6 Å². The van der Waals surface area contributed by atoms with Gasteiger partial charge in [-0.2, -0.15) is 0 Å². The average Bonchev–Trinajstić information content (AvgIpc) is 2.47. The van der Waals surface area contributed by atoms with Crippen LogP contribution >= 0.6 is 0 Å². The van der Waals surface area contributed by atoms with Crippen molar-refractivity contribution in [1.82, 2.24) is 9.97 Å². The van der Waals surface area contributed by atoms with Gasteiger partial charge in [0.25, 0.3) is 0 Å². The molecule has 1 heterocycles. The monoisotopic (exact) mass is 274 g/mol. The minimum Gasteiger partial charge on any atom is -0.373 e. The molecule has 1 aromatic carbocycles. The Kier molecular flexibility index (Phi) is 4.87. The van der Waals surface area contributed by atoms with E-state index in [2.05, 4.69) is 27.5 Å². The van der Waals surface area contributed by atoms with Crippen LogP contribution in [0.5, 0.6) is 0 Å². The first kappa shape index (κ1) is 14.2. The Morgan fingerprint density at radius 1 is 1.20 bits per heavy atom. The maximum absolute atomic E-state index is 13.1. The molecule has 0 aliphatic carbocycles. The minimum absolute atomic E-state index is 0.198. The number of halogens is 1. The Labute approximate surface area is 118 Å². The number of benzene rings is 1. The van der Waals surface area contributed by atoms with Crippen molar-refractivity contribution in [3.8, 4) is 0 Å². The average molecular weight is 274 g/mol. The highest BCUT2D eigenvalue weighted by molar-refractivity contribution is 5.57. The molecule has 4 nitrogen and oxygen atoms in total. The summed E-state index contributed by atoms with van der Waals surface area (Å²) in [6, 6.07) is 6.66. The van der Waals surface area contributed by atoms with E-state index in [4.69, 9.17) is 0 Å². The number of rotatable bonds is 6. The third-order valence-electron chi connectivity index (χ3n) is 3.13. The molecule has 0 amide bonds. The number of aromatic nitrogens is 2. The summed E-state index contributed by atoms with van der Waals surface area (Å²) in [4.78, 5) is 8.47. The summed E-state index contributed by atoms with van der Waals surface area (Å²) in [5.41, 5.74) is 2.03.